The van der Waals surface area contributed by atoms with Crippen LogP contribution in [0.4, 0.5) is 0 Å². The highest BCUT2D eigenvalue weighted by atomic mass is 32.2. The smallest absolute Gasteiger partial charge is 0.322 e. The Labute approximate surface area is 134 Å². The van der Waals surface area contributed by atoms with Crippen molar-refractivity contribution in [3.63, 3.8) is 0 Å². The number of nitrogens with zero attached hydrogens (tertiary/aromatic N) is 2. The van der Waals surface area contributed by atoms with Crippen LogP contribution in [-0.2, 0) is 16.9 Å². The quantitative estimate of drug-likeness (QED) is 0.735. The van der Waals surface area contributed by atoms with Crippen molar-refractivity contribution in [2.45, 2.75) is 10.9 Å². The van der Waals surface area contributed by atoms with Crippen LogP contribution in [0.1, 0.15) is 5.69 Å². The highest BCUT2D eigenvalue weighted by molar-refractivity contribution is 7.90. The summed E-state index contributed by atoms with van der Waals surface area (Å²) in [5.41, 5.74) is 2.13. The second-order valence-electron chi connectivity index (χ2n) is 4.94. The van der Waals surface area contributed by atoms with E-state index in [1.165, 1.54) is 0 Å². The zero-order valence-corrected chi connectivity index (χ0v) is 13.1. The molecule has 0 saturated heterocycles. The molecule has 0 aliphatic carbocycles. The summed E-state index contributed by atoms with van der Waals surface area (Å²) in [7, 11) is 1.58. The molecule has 2 aromatic heterocycles. The number of hydrogen-bond acceptors (Lipinski definition) is 6. The fourth-order valence-corrected chi connectivity index (χ4v) is 3.34. The minimum atomic E-state index is -1.34. The molecule has 1 atom stereocenters. The summed E-state index contributed by atoms with van der Waals surface area (Å²) in [6.07, 6.45) is 1.63. The maximum atomic E-state index is 12.5. The zero-order chi connectivity index (χ0) is 15.8. The molecule has 1 unspecified atom stereocenters. The van der Waals surface area contributed by atoms with Gasteiger partial charge in [-0.15, -0.1) is 0 Å². The topological polar surface area (TPSA) is 92.3 Å². The van der Waals surface area contributed by atoms with Gasteiger partial charge < -0.3 is 18.8 Å². The second-order valence-corrected chi connectivity index (χ2v) is 6.31. The van der Waals surface area contributed by atoms with Crippen LogP contribution in [0.5, 0.6) is 17.2 Å². The van der Waals surface area contributed by atoms with Gasteiger partial charge in [0.2, 0.25) is 6.79 Å². The van der Waals surface area contributed by atoms with Crippen molar-refractivity contribution in [1.29, 1.82) is 0 Å². The lowest BCUT2D eigenvalue weighted by Crippen LogP contribution is -2.08. The molecule has 0 fully saturated rings. The van der Waals surface area contributed by atoms with E-state index in [2.05, 4.69) is 15.0 Å². The molecule has 7 nitrogen and oxygen atoms in total. The Bertz CT molecular complexity index is 826. The minimum Gasteiger partial charge on any atom is -0.609 e. The summed E-state index contributed by atoms with van der Waals surface area (Å²) in [5, 5.41) is 0.397. The van der Waals surface area contributed by atoms with Crippen LogP contribution in [0.2, 0.25) is 0 Å². The minimum absolute atomic E-state index is 0.211. The maximum absolute atomic E-state index is 12.5. The van der Waals surface area contributed by atoms with E-state index in [-0.39, 0.29) is 12.5 Å². The standard InChI is InChI=1S/C15H13N3O4S/c1-20-10-2-3-16-9(4-10)7-23(19)15-17-11-5-13-14(22-8-21-13)6-12(11)18-15/h2-6H,7-8H2,1H3,(H,17,18). The molecule has 0 amide bonds. The molecule has 3 heterocycles. The Morgan fingerprint density at radius 3 is 2.96 bits per heavy atom. The number of H-pyrrole nitrogens is 1. The third kappa shape index (κ3) is 2.66. The van der Waals surface area contributed by atoms with E-state index in [1.807, 2.05) is 0 Å². The summed E-state index contributed by atoms with van der Waals surface area (Å²) in [6.45, 7) is 0.211. The average Bonchev–Trinajstić information content (AvgIpc) is 3.18. The first kappa shape index (κ1) is 14.2. The first-order valence-corrected chi connectivity index (χ1v) is 8.21. The highest BCUT2D eigenvalue weighted by Crippen LogP contribution is 2.35. The van der Waals surface area contributed by atoms with Gasteiger partial charge in [0, 0.05) is 35.6 Å². The predicted molar refractivity (Wildman–Crippen MR) is 83.1 cm³/mol. The van der Waals surface area contributed by atoms with Crippen LogP contribution in [0.15, 0.2) is 35.6 Å². The number of fused-ring (bicyclic) bond motifs is 2. The lowest BCUT2D eigenvalue weighted by molar-refractivity contribution is 0.174. The van der Waals surface area contributed by atoms with E-state index in [0.717, 1.165) is 5.52 Å². The second kappa shape index (κ2) is 5.64. The number of ether oxygens (including phenoxy) is 3. The van der Waals surface area contributed by atoms with E-state index < -0.39 is 11.2 Å². The molecule has 23 heavy (non-hydrogen) atoms. The monoisotopic (exact) mass is 331 g/mol. The first-order chi connectivity index (χ1) is 11.2. The van der Waals surface area contributed by atoms with Gasteiger partial charge in [-0.05, 0) is 6.07 Å². The van der Waals surface area contributed by atoms with Crippen LogP contribution in [0.3, 0.4) is 0 Å². The van der Waals surface area contributed by atoms with Crippen molar-refractivity contribution in [2.75, 3.05) is 13.9 Å². The van der Waals surface area contributed by atoms with E-state index in [9.17, 15) is 4.55 Å². The number of imidazole rings is 1. The highest BCUT2D eigenvalue weighted by Gasteiger charge is 2.21. The molecular weight excluding hydrogens is 318 g/mol. The third-order valence-corrected chi connectivity index (χ3v) is 4.66. The Kier molecular flexibility index (Phi) is 3.47. The molecule has 1 N–H and O–H groups in total. The molecular formula is C15H13N3O4S. The van der Waals surface area contributed by atoms with Crippen molar-refractivity contribution >= 4 is 22.2 Å². The van der Waals surface area contributed by atoms with E-state index >= 15 is 0 Å². The Balaban J connectivity index is 1.60. The van der Waals surface area contributed by atoms with Crippen LogP contribution < -0.4 is 14.2 Å². The van der Waals surface area contributed by atoms with Gasteiger partial charge in [0.25, 0.3) is 0 Å². The van der Waals surface area contributed by atoms with E-state index in [0.29, 0.717) is 33.6 Å². The maximum Gasteiger partial charge on any atom is 0.322 e. The van der Waals surface area contributed by atoms with Crippen molar-refractivity contribution in [1.82, 2.24) is 15.0 Å². The SMILES string of the molecule is COc1ccnc(C[S+]([O-])c2nc3cc4c(cc3[nH]2)OCO4)c1. The summed E-state index contributed by atoms with van der Waals surface area (Å²) in [4.78, 5) is 11.6. The van der Waals surface area contributed by atoms with Crippen LogP contribution >= 0.6 is 0 Å². The molecule has 0 bridgehead atoms. The van der Waals surface area contributed by atoms with Gasteiger partial charge in [0.05, 0.1) is 23.8 Å². The fourth-order valence-electron chi connectivity index (χ4n) is 2.35. The Hall–Kier alpha value is -2.45. The number of nitrogens with one attached hydrogen (secondary N) is 1. The molecule has 118 valence electrons. The van der Waals surface area contributed by atoms with Crippen LogP contribution in [0.25, 0.3) is 11.0 Å². The number of benzene rings is 1. The van der Waals surface area contributed by atoms with E-state index in [1.54, 1.807) is 37.6 Å². The Morgan fingerprint density at radius 2 is 2.13 bits per heavy atom. The molecule has 3 aromatic rings. The molecule has 1 aliphatic rings. The number of rotatable bonds is 4. The number of methoxy groups -OCH3 is 1. The molecule has 4 rings (SSSR count). The van der Waals surface area contributed by atoms with Gasteiger partial charge in [-0.25, -0.2) is 0 Å². The summed E-state index contributed by atoms with van der Waals surface area (Å²) >= 11 is -1.34. The van der Waals surface area contributed by atoms with Crippen molar-refractivity contribution < 1.29 is 18.8 Å². The van der Waals surface area contributed by atoms with Crippen molar-refractivity contribution in [3.8, 4) is 17.2 Å². The molecule has 8 heteroatoms. The molecule has 0 saturated carbocycles. The van der Waals surface area contributed by atoms with Gasteiger partial charge in [0.15, 0.2) is 17.3 Å². The number of pyridine rings is 1. The molecule has 0 radical (unpaired) electrons. The fraction of sp³-hybridized carbons (Fsp3) is 0.200. The van der Waals surface area contributed by atoms with Crippen LogP contribution in [-0.4, -0.2) is 33.4 Å². The van der Waals surface area contributed by atoms with Gasteiger partial charge in [-0.2, -0.15) is 4.98 Å². The number of aromatic nitrogens is 3. The van der Waals surface area contributed by atoms with E-state index in [4.69, 9.17) is 14.2 Å². The lowest BCUT2D eigenvalue weighted by atomic mass is 10.3. The zero-order valence-electron chi connectivity index (χ0n) is 12.2. The largest absolute Gasteiger partial charge is 0.609 e. The molecule has 1 aliphatic heterocycles. The summed E-state index contributed by atoms with van der Waals surface area (Å²) < 4.78 is 28.3. The third-order valence-electron chi connectivity index (χ3n) is 3.47. The van der Waals surface area contributed by atoms with Gasteiger partial charge in [-0.3, -0.25) is 9.97 Å². The van der Waals surface area contributed by atoms with Gasteiger partial charge >= 0.3 is 5.16 Å². The van der Waals surface area contributed by atoms with Crippen LogP contribution in [0, 0.1) is 0 Å². The predicted octanol–water partition coefficient (Wildman–Crippen LogP) is 2.00. The van der Waals surface area contributed by atoms with Gasteiger partial charge in [-0.1, -0.05) is 0 Å². The lowest BCUT2D eigenvalue weighted by Gasteiger charge is -2.07. The van der Waals surface area contributed by atoms with Crippen molar-refractivity contribution in [3.05, 3.63) is 36.2 Å². The van der Waals surface area contributed by atoms with Crippen molar-refractivity contribution in [2.24, 2.45) is 0 Å². The molecule has 0 spiro atoms. The first-order valence-electron chi connectivity index (χ1n) is 6.89. The number of aromatic amines is 1. The Morgan fingerprint density at radius 1 is 1.30 bits per heavy atom. The summed E-state index contributed by atoms with van der Waals surface area (Å²) in [6, 6.07) is 7.08. The van der Waals surface area contributed by atoms with Gasteiger partial charge in [0.1, 0.15) is 5.75 Å². The summed E-state index contributed by atoms with van der Waals surface area (Å²) in [5.74, 6) is 2.25. The number of hydrogen-bond donors (Lipinski definition) is 1. The average molecular weight is 331 g/mol. The normalized spacial score (nSPS) is 14.2. The molecule has 1 aromatic carbocycles.